The van der Waals surface area contributed by atoms with Crippen LogP contribution in [0.1, 0.15) is 51.4 Å². The first-order chi connectivity index (χ1) is 6.20. The second kappa shape index (κ2) is 3.58. The SMILES string of the molecule is OC(CCC1(O)CCCC1)C1CC1. The van der Waals surface area contributed by atoms with Gasteiger partial charge in [-0.2, -0.15) is 0 Å². The summed E-state index contributed by atoms with van der Waals surface area (Å²) in [6, 6.07) is 0. The van der Waals surface area contributed by atoms with E-state index in [4.69, 9.17) is 0 Å². The van der Waals surface area contributed by atoms with Gasteiger partial charge in [-0.3, -0.25) is 0 Å². The summed E-state index contributed by atoms with van der Waals surface area (Å²) < 4.78 is 0. The Bertz CT molecular complexity index is 169. The maximum Gasteiger partial charge on any atom is 0.0648 e. The van der Waals surface area contributed by atoms with Crippen molar-refractivity contribution in [3.63, 3.8) is 0 Å². The van der Waals surface area contributed by atoms with Gasteiger partial charge in [-0.15, -0.1) is 0 Å². The predicted molar refractivity (Wildman–Crippen MR) is 51.4 cm³/mol. The van der Waals surface area contributed by atoms with Crippen LogP contribution in [0.3, 0.4) is 0 Å². The number of aliphatic hydroxyl groups excluding tert-OH is 1. The molecule has 2 aliphatic carbocycles. The third-order valence-corrected chi connectivity index (χ3v) is 3.61. The molecule has 0 aromatic rings. The zero-order valence-corrected chi connectivity index (χ0v) is 8.21. The minimum absolute atomic E-state index is 0.135. The number of rotatable bonds is 4. The van der Waals surface area contributed by atoms with Crippen LogP contribution in [0.2, 0.25) is 0 Å². The quantitative estimate of drug-likeness (QED) is 0.700. The lowest BCUT2D eigenvalue weighted by molar-refractivity contribution is 0.0186. The van der Waals surface area contributed by atoms with Crippen LogP contribution >= 0.6 is 0 Å². The summed E-state index contributed by atoms with van der Waals surface area (Å²) in [5.41, 5.74) is -0.421. The third-order valence-electron chi connectivity index (χ3n) is 3.61. The maximum absolute atomic E-state index is 10.0. The van der Waals surface area contributed by atoms with Crippen molar-refractivity contribution in [1.29, 1.82) is 0 Å². The summed E-state index contributed by atoms with van der Waals surface area (Å²) in [5, 5.41) is 19.7. The van der Waals surface area contributed by atoms with Gasteiger partial charge in [-0.1, -0.05) is 12.8 Å². The normalized spacial score (nSPS) is 29.1. The zero-order valence-electron chi connectivity index (χ0n) is 8.21. The molecule has 76 valence electrons. The molecule has 0 spiro atoms. The fourth-order valence-electron chi connectivity index (χ4n) is 2.42. The molecule has 2 aliphatic rings. The molecule has 2 nitrogen and oxygen atoms in total. The Balaban J connectivity index is 1.70. The highest BCUT2D eigenvalue weighted by molar-refractivity contribution is 4.87. The van der Waals surface area contributed by atoms with E-state index in [-0.39, 0.29) is 6.10 Å². The van der Waals surface area contributed by atoms with Crippen LogP contribution in [-0.2, 0) is 0 Å². The van der Waals surface area contributed by atoms with Crippen LogP contribution in [0.15, 0.2) is 0 Å². The molecule has 0 radical (unpaired) electrons. The molecule has 0 aliphatic heterocycles. The van der Waals surface area contributed by atoms with Crippen molar-refractivity contribution < 1.29 is 10.2 Å². The van der Waals surface area contributed by atoms with Gasteiger partial charge in [-0.05, 0) is 44.4 Å². The molecule has 0 saturated heterocycles. The van der Waals surface area contributed by atoms with Crippen molar-refractivity contribution in [2.75, 3.05) is 0 Å². The van der Waals surface area contributed by atoms with E-state index in [0.29, 0.717) is 5.92 Å². The Hall–Kier alpha value is -0.0800. The van der Waals surface area contributed by atoms with Crippen molar-refractivity contribution in [2.24, 2.45) is 5.92 Å². The summed E-state index contributed by atoms with van der Waals surface area (Å²) in [5.74, 6) is 0.560. The Morgan fingerprint density at radius 3 is 2.38 bits per heavy atom. The van der Waals surface area contributed by atoms with E-state index in [2.05, 4.69) is 0 Å². The highest BCUT2D eigenvalue weighted by Gasteiger charge is 2.34. The summed E-state index contributed by atoms with van der Waals surface area (Å²) in [7, 11) is 0. The summed E-state index contributed by atoms with van der Waals surface area (Å²) in [6.45, 7) is 0. The smallest absolute Gasteiger partial charge is 0.0648 e. The van der Waals surface area contributed by atoms with Gasteiger partial charge in [0.15, 0.2) is 0 Å². The summed E-state index contributed by atoms with van der Waals surface area (Å²) in [4.78, 5) is 0. The standard InChI is InChI=1S/C11H20O2/c12-10(9-3-4-9)5-8-11(13)6-1-2-7-11/h9-10,12-13H,1-8H2. The molecule has 0 aromatic heterocycles. The molecule has 0 amide bonds. The third kappa shape index (κ3) is 2.44. The van der Waals surface area contributed by atoms with E-state index in [0.717, 1.165) is 38.5 Å². The first-order valence-electron chi connectivity index (χ1n) is 5.60. The predicted octanol–water partition coefficient (Wildman–Crippen LogP) is 1.84. The maximum atomic E-state index is 10.0. The van der Waals surface area contributed by atoms with Crippen molar-refractivity contribution in [2.45, 2.75) is 63.1 Å². The molecule has 1 unspecified atom stereocenters. The molecule has 2 rings (SSSR count). The second-order valence-electron chi connectivity index (χ2n) is 4.87. The zero-order chi connectivity index (χ0) is 9.31. The van der Waals surface area contributed by atoms with Gasteiger partial charge >= 0.3 is 0 Å². The fourth-order valence-corrected chi connectivity index (χ4v) is 2.42. The molecule has 0 aromatic carbocycles. The van der Waals surface area contributed by atoms with E-state index in [9.17, 15) is 10.2 Å². The van der Waals surface area contributed by atoms with Gasteiger partial charge < -0.3 is 10.2 Å². The van der Waals surface area contributed by atoms with Crippen molar-refractivity contribution >= 4 is 0 Å². The van der Waals surface area contributed by atoms with E-state index >= 15 is 0 Å². The number of hydrogen-bond donors (Lipinski definition) is 2. The monoisotopic (exact) mass is 184 g/mol. The number of aliphatic hydroxyl groups is 2. The molecule has 0 heterocycles. The van der Waals surface area contributed by atoms with Gasteiger partial charge in [0.2, 0.25) is 0 Å². The van der Waals surface area contributed by atoms with E-state index < -0.39 is 5.60 Å². The lowest BCUT2D eigenvalue weighted by Crippen LogP contribution is -2.26. The molecule has 13 heavy (non-hydrogen) atoms. The van der Waals surface area contributed by atoms with E-state index in [1.54, 1.807) is 0 Å². The van der Waals surface area contributed by atoms with Crippen LogP contribution in [0.4, 0.5) is 0 Å². The Morgan fingerprint density at radius 2 is 1.85 bits per heavy atom. The van der Waals surface area contributed by atoms with E-state index in [1.165, 1.54) is 12.8 Å². The largest absolute Gasteiger partial charge is 0.393 e. The fraction of sp³-hybridized carbons (Fsp3) is 1.00. The van der Waals surface area contributed by atoms with Gasteiger partial charge in [0.25, 0.3) is 0 Å². The van der Waals surface area contributed by atoms with Crippen LogP contribution in [0.5, 0.6) is 0 Å². The molecule has 2 saturated carbocycles. The molecule has 2 heteroatoms. The molecular formula is C11H20O2. The van der Waals surface area contributed by atoms with Crippen LogP contribution in [0, 0.1) is 5.92 Å². The molecule has 2 N–H and O–H groups in total. The molecular weight excluding hydrogens is 164 g/mol. The summed E-state index contributed by atoms with van der Waals surface area (Å²) in [6.07, 6.45) is 8.09. The first-order valence-corrected chi connectivity index (χ1v) is 5.60. The molecule has 0 bridgehead atoms. The van der Waals surface area contributed by atoms with Crippen molar-refractivity contribution in [3.8, 4) is 0 Å². The van der Waals surface area contributed by atoms with Crippen molar-refractivity contribution in [3.05, 3.63) is 0 Å². The van der Waals surface area contributed by atoms with Crippen molar-refractivity contribution in [1.82, 2.24) is 0 Å². The Labute approximate surface area is 80.0 Å². The Kier molecular flexibility index (Phi) is 2.61. The van der Waals surface area contributed by atoms with Crippen LogP contribution in [-0.4, -0.2) is 21.9 Å². The van der Waals surface area contributed by atoms with Gasteiger partial charge in [0.05, 0.1) is 11.7 Å². The minimum atomic E-state index is -0.421. The van der Waals surface area contributed by atoms with E-state index in [1.807, 2.05) is 0 Å². The minimum Gasteiger partial charge on any atom is -0.393 e. The average molecular weight is 184 g/mol. The number of hydrogen-bond acceptors (Lipinski definition) is 2. The summed E-state index contributed by atoms with van der Waals surface area (Å²) >= 11 is 0. The highest BCUT2D eigenvalue weighted by Crippen LogP contribution is 2.38. The van der Waals surface area contributed by atoms with Gasteiger partial charge in [-0.25, -0.2) is 0 Å². The average Bonchev–Trinajstić information content (AvgIpc) is 2.87. The topological polar surface area (TPSA) is 40.5 Å². The van der Waals surface area contributed by atoms with Crippen LogP contribution in [0.25, 0.3) is 0 Å². The van der Waals surface area contributed by atoms with Gasteiger partial charge in [0.1, 0.15) is 0 Å². The second-order valence-corrected chi connectivity index (χ2v) is 4.87. The molecule has 1 atom stereocenters. The Morgan fingerprint density at radius 1 is 1.23 bits per heavy atom. The van der Waals surface area contributed by atoms with Gasteiger partial charge in [0, 0.05) is 0 Å². The molecule has 2 fully saturated rings. The lowest BCUT2D eigenvalue weighted by Gasteiger charge is -2.23. The first kappa shape index (κ1) is 9.47. The van der Waals surface area contributed by atoms with Crippen LogP contribution < -0.4 is 0 Å². The highest BCUT2D eigenvalue weighted by atomic mass is 16.3. The lowest BCUT2D eigenvalue weighted by atomic mass is 9.93.